The van der Waals surface area contributed by atoms with Crippen molar-refractivity contribution in [1.29, 1.82) is 0 Å². The van der Waals surface area contributed by atoms with Crippen molar-refractivity contribution < 1.29 is 14.9 Å². The first kappa shape index (κ1) is 21.1. The Labute approximate surface area is 172 Å². The quantitative estimate of drug-likeness (QED) is 0.617. The Morgan fingerprint density at radius 1 is 0.929 bits per heavy atom. The minimum absolute atomic E-state index is 0.0392. The molecule has 0 radical (unpaired) electrons. The second kappa shape index (κ2) is 7.85. The summed E-state index contributed by atoms with van der Waals surface area (Å²) in [6.45, 7) is 7.63. The summed E-state index contributed by atoms with van der Waals surface area (Å²) in [5, 5.41) is 20.0. The van der Waals surface area contributed by atoms with Crippen LogP contribution in [0.1, 0.15) is 91.4 Å². The molecule has 10 unspecified atom stereocenters. The molecular weight excluding hydrogens is 348 g/mol. The molecule has 0 spiro atoms. The summed E-state index contributed by atoms with van der Waals surface area (Å²) in [7, 11) is 1.60. The van der Waals surface area contributed by atoms with E-state index >= 15 is 0 Å². The van der Waals surface area contributed by atoms with E-state index in [2.05, 4.69) is 20.8 Å². The standard InChI is InChI=1S/C25H44O3/c1-16(5-10-23(27)28-4)20-8-9-21-19-7-6-17-15-18(26)11-13-24(17,2)22(19)12-14-25(20,21)3/h16-23,26-27H,5-15H2,1-4H3. The zero-order chi connectivity index (χ0) is 20.1. The first-order chi connectivity index (χ1) is 13.3. The maximum Gasteiger partial charge on any atom is 0.154 e. The molecule has 0 heterocycles. The lowest BCUT2D eigenvalue weighted by Crippen LogP contribution is -2.54. The Morgan fingerprint density at radius 2 is 1.64 bits per heavy atom. The third-order valence-electron chi connectivity index (χ3n) is 10.5. The topological polar surface area (TPSA) is 49.7 Å². The fourth-order valence-electron chi connectivity index (χ4n) is 8.94. The van der Waals surface area contributed by atoms with E-state index in [1.54, 1.807) is 7.11 Å². The minimum atomic E-state index is -0.597. The van der Waals surface area contributed by atoms with Gasteiger partial charge in [0, 0.05) is 7.11 Å². The summed E-state index contributed by atoms with van der Waals surface area (Å²) < 4.78 is 5.07. The number of methoxy groups -OCH3 is 1. The van der Waals surface area contributed by atoms with Crippen molar-refractivity contribution in [3.05, 3.63) is 0 Å². The number of ether oxygens (including phenoxy) is 1. The van der Waals surface area contributed by atoms with Gasteiger partial charge < -0.3 is 14.9 Å². The lowest BCUT2D eigenvalue weighted by atomic mass is 9.44. The van der Waals surface area contributed by atoms with Gasteiger partial charge in [-0.15, -0.1) is 0 Å². The summed E-state index contributed by atoms with van der Waals surface area (Å²) in [4.78, 5) is 0. The molecule has 0 saturated heterocycles. The summed E-state index contributed by atoms with van der Waals surface area (Å²) in [5.41, 5.74) is 0.978. The van der Waals surface area contributed by atoms with Gasteiger partial charge in [0.1, 0.15) is 0 Å². The molecule has 4 fully saturated rings. The van der Waals surface area contributed by atoms with Crippen LogP contribution in [-0.4, -0.2) is 29.7 Å². The summed E-state index contributed by atoms with van der Waals surface area (Å²) in [6.07, 6.45) is 12.9. The summed E-state index contributed by atoms with van der Waals surface area (Å²) in [6, 6.07) is 0. The van der Waals surface area contributed by atoms with Crippen LogP contribution in [0.5, 0.6) is 0 Å². The van der Waals surface area contributed by atoms with Gasteiger partial charge >= 0.3 is 0 Å². The monoisotopic (exact) mass is 392 g/mol. The van der Waals surface area contributed by atoms with E-state index in [9.17, 15) is 10.2 Å². The molecule has 0 aromatic heterocycles. The molecule has 4 rings (SSSR count). The Balaban J connectivity index is 1.47. The van der Waals surface area contributed by atoms with Crippen molar-refractivity contribution in [2.75, 3.05) is 7.11 Å². The number of aliphatic hydroxyl groups is 2. The molecule has 0 aromatic carbocycles. The van der Waals surface area contributed by atoms with Crippen LogP contribution < -0.4 is 0 Å². The second-order valence-corrected chi connectivity index (χ2v) is 11.6. The number of hydrogen-bond acceptors (Lipinski definition) is 3. The third kappa shape index (κ3) is 3.38. The molecule has 3 heteroatoms. The molecule has 162 valence electrons. The molecule has 4 aliphatic carbocycles. The van der Waals surface area contributed by atoms with Crippen LogP contribution in [0.4, 0.5) is 0 Å². The molecule has 0 amide bonds. The van der Waals surface area contributed by atoms with Crippen LogP contribution in [0, 0.1) is 46.3 Å². The number of rotatable bonds is 5. The predicted octanol–water partition coefficient (Wildman–Crippen LogP) is 5.39. The van der Waals surface area contributed by atoms with E-state index in [0.29, 0.717) is 16.7 Å². The molecule has 0 aliphatic heterocycles. The van der Waals surface area contributed by atoms with Crippen molar-refractivity contribution in [3.63, 3.8) is 0 Å². The highest BCUT2D eigenvalue weighted by Crippen LogP contribution is 2.68. The number of aliphatic hydroxyl groups excluding tert-OH is 2. The number of fused-ring (bicyclic) bond motifs is 5. The highest BCUT2D eigenvalue weighted by Gasteiger charge is 2.60. The Morgan fingerprint density at radius 3 is 2.39 bits per heavy atom. The van der Waals surface area contributed by atoms with E-state index in [4.69, 9.17) is 4.74 Å². The van der Waals surface area contributed by atoms with Crippen molar-refractivity contribution in [2.24, 2.45) is 46.3 Å². The maximum absolute atomic E-state index is 10.2. The van der Waals surface area contributed by atoms with Crippen LogP contribution in [0.25, 0.3) is 0 Å². The molecule has 2 N–H and O–H groups in total. The van der Waals surface area contributed by atoms with Gasteiger partial charge in [-0.2, -0.15) is 0 Å². The van der Waals surface area contributed by atoms with Crippen LogP contribution >= 0.6 is 0 Å². The highest BCUT2D eigenvalue weighted by atomic mass is 16.6. The Bertz CT molecular complexity index is 550. The van der Waals surface area contributed by atoms with E-state index in [1.807, 2.05) is 0 Å². The van der Waals surface area contributed by atoms with Crippen LogP contribution in [-0.2, 0) is 4.74 Å². The van der Waals surface area contributed by atoms with E-state index < -0.39 is 6.29 Å². The van der Waals surface area contributed by atoms with Gasteiger partial charge in [0.15, 0.2) is 6.29 Å². The highest BCUT2D eigenvalue weighted by molar-refractivity contribution is 5.09. The van der Waals surface area contributed by atoms with Gasteiger partial charge in [-0.1, -0.05) is 20.8 Å². The molecular formula is C25H44O3. The zero-order valence-corrected chi connectivity index (χ0v) is 18.7. The lowest BCUT2D eigenvalue weighted by Gasteiger charge is -2.61. The fraction of sp³-hybridized carbons (Fsp3) is 1.00. The lowest BCUT2D eigenvalue weighted by molar-refractivity contribution is -0.130. The average Bonchev–Trinajstić information content (AvgIpc) is 3.03. The first-order valence-electron chi connectivity index (χ1n) is 12.2. The molecule has 10 atom stereocenters. The average molecular weight is 393 g/mol. The molecule has 0 bridgehead atoms. The smallest absolute Gasteiger partial charge is 0.154 e. The SMILES string of the molecule is COC(O)CCC(C)C1CCC2C3CCC4CC(O)CCC4(C)C3CCC12C. The van der Waals surface area contributed by atoms with Crippen molar-refractivity contribution >= 4 is 0 Å². The summed E-state index contributed by atoms with van der Waals surface area (Å²) in [5.74, 6) is 4.94. The molecule has 3 nitrogen and oxygen atoms in total. The minimum Gasteiger partial charge on any atom is -0.393 e. The first-order valence-corrected chi connectivity index (χ1v) is 12.2. The molecule has 4 saturated carbocycles. The van der Waals surface area contributed by atoms with Crippen molar-refractivity contribution in [2.45, 2.75) is 104 Å². The maximum atomic E-state index is 10.2. The fourth-order valence-corrected chi connectivity index (χ4v) is 8.94. The molecule has 28 heavy (non-hydrogen) atoms. The van der Waals surface area contributed by atoms with Crippen molar-refractivity contribution in [3.8, 4) is 0 Å². The zero-order valence-electron chi connectivity index (χ0n) is 18.7. The van der Waals surface area contributed by atoms with Gasteiger partial charge in [0.2, 0.25) is 0 Å². The molecule has 4 aliphatic rings. The van der Waals surface area contributed by atoms with Crippen LogP contribution in [0.2, 0.25) is 0 Å². The Hall–Kier alpha value is -0.120. The largest absolute Gasteiger partial charge is 0.393 e. The third-order valence-corrected chi connectivity index (χ3v) is 10.5. The number of hydrogen-bond donors (Lipinski definition) is 2. The Kier molecular flexibility index (Phi) is 5.92. The van der Waals surface area contributed by atoms with Crippen LogP contribution in [0.3, 0.4) is 0 Å². The van der Waals surface area contributed by atoms with E-state index in [0.717, 1.165) is 55.3 Å². The summed E-state index contributed by atoms with van der Waals surface area (Å²) >= 11 is 0. The second-order valence-electron chi connectivity index (χ2n) is 11.6. The molecule has 0 aromatic rings. The van der Waals surface area contributed by atoms with Gasteiger partial charge in [-0.05, 0) is 117 Å². The van der Waals surface area contributed by atoms with E-state index in [1.165, 1.54) is 44.9 Å². The predicted molar refractivity (Wildman–Crippen MR) is 113 cm³/mol. The van der Waals surface area contributed by atoms with Gasteiger partial charge in [-0.3, -0.25) is 0 Å². The van der Waals surface area contributed by atoms with Gasteiger partial charge in [0.25, 0.3) is 0 Å². The van der Waals surface area contributed by atoms with E-state index in [-0.39, 0.29) is 6.10 Å². The van der Waals surface area contributed by atoms with Gasteiger partial charge in [0.05, 0.1) is 6.10 Å². The van der Waals surface area contributed by atoms with Gasteiger partial charge in [-0.25, -0.2) is 0 Å². The van der Waals surface area contributed by atoms with Crippen LogP contribution in [0.15, 0.2) is 0 Å². The van der Waals surface area contributed by atoms with Crippen molar-refractivity contribution in [1.82, 2.24) is 0 Å². The normalized spacial score (nSPS) is 50.4.